The normalized spacial score (nSPS) is 11.4. The zero-order chi connectivity index (χ0) is 17.8. The smallest absolute Gasteiger partial charge is 0.352 e. The fourth-order valence-electron chi connectivity index (χ4n) is 2.51. The standard InChI is InChI=1S/C19H17N3O3/c1-13-20-21-18(15-8-10-16(25-2)11-9-15)22(13)17(19(23)24)12-14-6-4-3-5-7-14/h3-12H,1-2H3,(H,23,24)/b17-12-. The Morgan fingerprint density at radius 1 is 1.08 bits per heavy atom. The Balaban J connectivity index is 2.13. The average molecular weight is 335 g/mol. The highest BCUT2D eigenvalue weighted by atomic mass is 16.5. The molecule has 3 rings (SSSR count). The van der Waals surface area contributed by atoms with Crippen molar-refractivity contribution >= 4 is 17.7 Å². The first-order chi connectivity index (χ1) is 12.1. The van der Waals surface area contributed by atoms with E-state index in [4.69, 9.17) is 4.74 Å². The van der Waals surface area contributed by atoms with Gasteiger partial charge in [0.25, 0.3) is 0 Å². The fourth-order valence-corrected chi connectivity index (χ4v) is 2.51. The number of methoxy groups -OCH3 is 1. The number of benzene rings is 2. The molecule has 1 aromatic heterocycles. The molecule has 0 saturated carbocycles. The van der Waals surface area contributed by atoms with E-state index in [9.17, 15) is 9.90 Å². The number of carboxylic acid groups (broad SMARTS) is 1. The Bertz CT molecular complexity index is 913. The molecule has 0 aliphatic carbocycles. The lowest BCUT2D eigenvalue weighted by Gasteiger charge is -2.10. The molecule has 3 aromatic rings. The number of nitrogens with zero attached hydrogens (tertiary/aromatic N) is 3. The maximum absolute atomic E-state index is 11.9. The molecule has 0 atom stereocenters. The van der Waals surface area contributed by atoms with Crippen LogP contribution in [0.1, 0.15) is 11.4 Å². The van der Waals surface area contributed by atoms with E-state index in [1.54, 1.807) is 32.2 Å². The molecule has 0 fully saturated rings. The van der Waals surface area contributed by atoms with Crippen molar-refractivity contribution in [2.75, 3.05) is 7.11 Å². The Morgan fingerprint density at radius 3 is 2.36 bits per heavy atom. The second kappa shape index (κ2) is 7.00. The van der Waals surface area contributed by atoms with Gasteiger partial charge < -0.3 is 9.84 Å². The molecule has 0 radical (unpaired) electrons. The number of rotatable bonds is 5. The molecule has 0 unspecified atom stereocenters. The van der Waals surface area contributed by atoms with Gasteiger partial charge in [-0.05, 0) is 42.8 Å². The van der Waals surface area contributed by atoms with Crippen molar-refractivity contribution in [3.05, 3.63) is 66.0 Å². The summed E-state index contributed by atoms with van der Waals surface area (Å²) in [5.41, 5.74) is 1.62. The van der Waals surface area contributed by atoms with E-state index in [0.717, 1.165) is 11.1 Å². The largest absolute Gasteiger partial charge is 0.497 e. The van der Waals surface area contributed by atoms with Crippen LogP contribution in [0.15, 0.2) is 54.6 Å². The number of carboxylic acids is 1. The SMILES string of the molecule is COc1ccc(-c2nnc(C)n2/C(=C\c2ccccc2)C(=O)O)cc1. The van der Waals surface area contributed by atoms with Gasteiger partial charge in [0.15, 0.2) is 5.82 Å². The summed E-state index contributed by atoms with van der Waals surface area (Å²) in [7, 11) is 1.59. The molecule has 2 aromatic carbocycles. The molecule has 25 heavy (non-hydrogen) atoms. The molecular weight excluding hydrogens is 318 g/mol. The minimum Gasteiger partial charge on any atom is -0.497 e. The molecule has 0 aliphatic rings. The molecule has 0 spiro atoms. The van der Waals surface area contributed by atoms with Gasteiger partial charge in [0.05, 0.1) is 7.11 Å². The first kappa shape index (κ1) is 16.4. The van der Waals surface area contributed by atoms with Crippen LogP contribution in [-0.2, 0) is 4.79 Å². The van der Waals surface area contributed by atoms with Crippen molar-refractivity contribution in [2.24, 2.45) is 0 Å². The highest BCUT2D eigenvalue weighted by molar-refractivity contribution is 6.15. The third kappa shape index (κ3) is 3.42. The molecule has 6 heteroatoms. The lowest BCUT2D eigenvalue weighted by Crippen LogP contribution is -2.11. The van der Waals surface area contributed by atoms with Crippen LogP contribution in [0, 0.1) is 6.92 Å². The number of hydrogen-bond acceptors (Lipinski definition) is 4. The van der Waals surface area contributed by atoms with Crippen LogP contribution in [0.4, 0.5) is 0 Å². The summed E-state index contributed by atoms with van der Waals surface area (Å²) in [6.07, 6.45) is 1.60. The molecule has 6 nitrogen and oxygen atoms in total. The second-order valence-corrected chi connectivity index (χ2v) is 5.38. The third-order valence-corrected chi connectivity index (χ3v) is 3.74. The first-order valence-electron chi connectivity index (χ1n) is 7.67. The van der Waals surface area contributed by atoms with E-state index in [-0.39, 0.29) is 5.70 Å². The number of aromatic nitrogens is 3. The molecule has 1 heterocycles. The van der Waals surface area contributed by atoms with Crippen molar-refractivity contribution < 1.29 is 14.6 Å². The Labute approximate surface area is 145 Å². The summed E-state index contributed by atoms with van der Waals surface area (Å²) in [5.74, 6) is 0.617. The van der Waals surface area contributed by atoms with Crippen LogP contribution < -0.4 is 4.74 Å². The monoisotopic (exact) mass is 335 g/mol. The van der Waals surface area contributed by atoms with Crippen LogP contribution in [0.25, 0.3) is 23.2 Å². The quantitative estimate of drug-likeness (QED) is 0.724. The van der Waals surface area contributed by atoms with E-state index >= 15 is 0 Å². The lowest BCUT2D eigenvalue weighted by atomic mass is 10.1. The highest BCUT2D eigenvalue weighted by Gasteiger charge is 2.19. The van der Waals surface area contributed by atoms with Gasteiger partial charge in [0.1, 0.15) is 17.3 Å². The van der Waals surface area contributed by atoms with Gasteiger partial charge in [-0.2, -0.15) is 0 Å². The van der Waals surface area contributed by atoms with Crippen molar-refractivity contribution in [3.63, 3.8) is 0 Å². The Kier molecular flexibility index (Phi) is 4.61. The first-order valence-corrected chi connectivity index (χ1v) is 7.67. The molecular formula is C19H17N3O3. The maximum atomic E-state index is 11.9. The van der Waals surface area contributed by atoms with E-state index < -0.39 is 5.97 Å². The summed E-state index contributed by atoms with van der Waals surface area (Å²) < 4.78 is 6.70. The van der Waals surface area contributed by atoms with Crippen molar-refractivity contribution in [1.82, 2.24) is 14.8 Å². The minimum atomic E-state index is -1.05. The van der Waals surface area contributed by atoms with Gasteiger partial charge in [-0.25, -0.2) is 4.79 Å². The van der Waals surface area contributed by atoms with E-state index in [2.05, 4.69) is 10.2 Å². The topological polar surface area (TPSA) is 77.2 Å². The Morgan fingerprint density at radius 2 is 1.76 bits per heavy atom. The van der Waals surface area contributed by atoms with E-state index in [1.165, 1.54) is 4.57 Å². The predicted molar refractivity (Wildman–Crippen MR) is 95.0 cm³/mol. The zero-order valence-electron chi connectivity index (χ0n) is 13.9. The molecule has 1 N–H and O–H groups in total. The van der Waals surface area contributed by atoms with Crippen molar-refractivity contribution in [1.29, 1.82) is 0 Å². The molecule has 0 aliphatic heterocycles. The number of aliphatic carboxylic acids is 1. The van der Waals surface area contributed by atoms with Gasteiger partial charge >= 0.3 is 5.97 Å². The number of ether oxygens (including phenoxy) is 1. The zero-order valence-corrected chi connectivity index (χ0v) is 13.9. The minimum absolute atomic E-state index is 0.0829. The van der Waals surface area contributed by atoms with Gasteiger partial charge in [-0.3, -0.25) is 4.57 Å². The van der Waals surface area contributed by atoms with Crippen molar-refractivity contribution in [3.8, 4) is 17.1 Å². The van der Waals surface area contributed by atoms with E-state index in [1.807, 2.05) is 42.5 Å². The van der Waals surface area contributed by atoms with Crippen LogP contribution in [0.5, 0.6) is 5.75 Å². The van der Waals surface area contributed by atoms with Gasteiger partial charge in [0, 0.05) is 5.56 Å². The van der Waals surface area contributed by atoms with Crippen LogP contribution in [0.2, 0.25) is 0 Å². The summed E-state index contributed by atoms with van der Waals surface area (Å²) in [6.45, 7) is 1.72. The average Bonchev–Trinajstić information content (AvgIpc) is 3.01. The van der Waals surface area contributed by atoms with Crippen LogP contribution in [0.3, 0.4) is 0 Å². The van der Waals surface area contributed by atoms with Crippen LogP contribution >= 0.6 is 0 Å². The van der Waals surface area contributed by atoms with Crippen LogP contribution in [-0.4, -0.2) is 33.0 Å². The molecule has 0 bridgehead atoms. The highest BCUT2D eigenvalue weighted by Crippen LogP contribution is 2.25. The maximum Gasteiger partial charge on any atom is 0.352 e. The van der Waals surface area contributed by atoms with Gasteiger partial charge in [-0.15, -0.1) is 10.2 Å². The molecule has 126 valence electrons. The number of carbonyl (C=O) groups is 1. The third-order valence-electron chi connectivity index (χ3n) is 3.74. The summed E-state index contributed by atoms with van der Waals surface area (Å²) in [6, 6.07) is 16.5. The van der Waals surface area contributed by atoms with E-state index in [0.29, 0.717) is 17.4 Å². The van der Waals surface area contributed by atoms with Crippen molar-refractivity contribution in [2.45, 2.75) is 6.92 Å². The number of aryl methyl sites for hydroxylation is 1. The molecule has 0 saturated heterocycles. The number of hydrogen-bond donors (Lipinski definition) is 1. The second-order valence-electron chi connectivity index (χ2n) is 5.38. The molecule has 0 amide bonds. The fraction of sp³-hybridized carbons (Fsp3) is 0.105. The lowest BCUT2D eigenvalue weighted by molar-refractivity contribution is -0.130. The van der Waals surface area contributed by atoms with Gasteiger partial charge in [0.2, 0.25) is 0 Å². The summed E-state index contributed by atoms with van der Waals surface area (Å²) >= 11 is 0. The Hall–Kier alpha value is -3.41. The summed E-state index contributed by atoms with van der Waals surface area (Å²) in [4.78, 5) is 11.9. The van der Waals surface area contributed by atoms with Gasteiger partial charge in [-0.1, -0.05) is 30.3 Å². The predicted octanol–water partition coefficient (Wildman–Crippen LogP) is 3.34. The summed E-state index contributed by atoms with van der Waals surface area (Å²) in [5, 5.41) is 17.9.